The molecule has 0 saturated heterocycles. The van der Waals surface area contributed by atoms with Crippen molar-refractivity contribution in [3.05, 3.63) is 64.7 Å². The molecule has 0 aliphatic carbocycles. The van der Waals surface area contributed by atoms with Gasteiger partial charge in [-0.05, 0) is 54.9 Å². The van der Waals surface area contributed by atoms with Crippen LogP contribution < -0.4 is 10.1 Å². The topological polar surface area (TPSA) is 21.3 Å². The zero-order valence-corrected chi connectivity index (χ0v) is 11.7. The molecule has 0 fully saturated rings. The lowest BCUT2D eigenvalue weighted by Gasteiger charge is -2.20. The summed E-state index contributed by atoms with van der Waals surface area (Å²) in [5, 5.41) is 3.17. The maximum absolute atomic E-state index is 13.5. The Kier molecular flexibility index (Phi) is 4.35. The van der Waals surface area contributed by atoms with Crippen molar-refractivity contribution in [3.63, 3.8) is 0 Å². The van der Waals surface area contributed by atoms with Crippen LogP contribution >= 0.6 is 0 Å². The van der Waals surface area contributed by atoms with Crippen LogP contribution in [0.1, 0.15) is 22.7 Å². The number of hydrogen-bond donors (Lipinski definition) is 1. The molecule has 4 heteroatoms. The molecule has 0 aromatic heterocycles. The number of methoxy groups -OCH3 is 1. The van der Waals surface area contributed by atoms with Crippen molar-refractivity contribution >= 4 is 0 Å². The Labute approximate surface area is 117 Å². The number of benzene rings is 2. The van der Waals surface area contributed by atoms with E-state index in [9.17, 15) is 8.78 Å². The van der Waals surface area contributed by atoms with Crippen molar-refractivity contribution in [2.24, 2.45) is 0 Å². The molecule has 1 atom stereocenters. The standard InChI is InChI=1S/C16H17F2NO/c1-10-8-12(17)5-6-13(10)16(19-2)11-4-7-14(18)15(9-11)20-3/h4-9,16,19H,1-3H3. The Bertz CT molecular complexity index is 613. The van der Waals surface area contributed by atoms with Gasteiger partial charge in [0.15, 0.2) is 11.6 Å². The molecule has 0 saturated carbocycles. The molecule has 0 aliphatic heterocycles. The van der Waals surface area contributed by atoms with E-state index in [1.165, 1.54) is 25.3 Å². The molecule has 1 unspecified atom stereocenters. The maximum Gasteiger partial charge on any atom is 0.165 e. The minimum Gasteiger partial charge on any atom is -0.494 e. The highest BCUT2D eigenvalue weighted by molar-refractivity contribution is 5.40. The van der Waals surface area contributed by atoms with Gasteiger partial charge in [-0.1, -0.05) is 12.1 Å². The van der Waals surface area contributed by atoms with Crippen LogP contribution in [-0.4, -0.2) is 14.2 Å². The fraction of sp³-hybridized carbons (Fsp3) is 0.250. The number of halogens is 2. The van der Waals surface area contributed by atoms with Gasteiger partial charge in [0.1, 0.15) is 5.82 Å². The molecule has 2 rings (SSSR count). The molecular weight excluding hydrogens is 260 g/mol. The Balaban J connectivity index is 2.46. The normalized spacial score (nSPS) is 12.2. The lowest BCUT2D eigenvalue weighted by Crippen LogP contribution is -2.19. The Morgan fingerprint density at radius 2 is 1.85 bits per heavy atom. The van der Waals surface area contributed by atoms with E-state index in [2.05, 4.69) is 5.32 Å². The van der Waals surface area contributed by atoms with E-state index >= 15 is 0 Å². The summed E-state index contributed by atoms with van der Waals surface area (Å²) in [7, 11) is 3.24. The van der Waals surface area contributed by atoms with Crippen molar-refractivity contribution in [1.29, 1.82) is 0 Å². The van der Waals surface area contributed by atoms with E-state index in [-0.39, 0.29) is 17.6 Å². The maximum atomic E-state index is 13.5. The van der Waals surface area contributed by atoms with Crippen LogP contribution in [0, 0.1) is 18.6 Å². The first kappa shape index (κ1) is 14.5. The quantitative estimate of drug-likeness (QED) is 0.922. The summed E-state index contributed by atoms with van der Waals surface area (Å²) in [6.07, 6.45) is 0. The molecule has 20 heavy (non-hydrogen) atoms. The lowest BCUT2D eigenvalue weighted by molar-refractivity contribution is 0.385. The minimum atomic E-state index is -0.401. The van der Waals surface area contributed by atoms with E-state index in [1.54, 1.807) is 18.2 Å². The van der Waals surface area contributed by atoms with Gasteiger partial charge in [0, 0.05) is 0 Å². The SMILES string of the molecule is CNC(c1ccc(F)c(OC)c1)c1ccc(F)cc1C. The molecule has 2 aromatic rings. The van der Waals surface area contributed by atoms with E-state index in [0.29, 0.717) is 0 Å². The highest BCUT2D eigenvalue weighted by atomic mass is 19.1. The molecule has 0 aliphatic rings. The number of aryl methyl sites for hydroxylation is 1. The summed E-state index contributed by atoms with van der Waals surface area (Å²) < 4.78 is 31.7. The highest BCUT2D eigenvalue weighted by Gasteiger charge is 2.16. The van der Waals surface area contributed by atoms with Gasteiger partial charge in [-0.2, -0.15) is 0 Å². The summed E-state index contributed by atoms with van der Waals surface area (Å²) in [5.41, 5.74) is 2.65. The first-order chi connectivity index (χ1) is 9.56. The third kappa shape index (κ3) is 2.80. The molecule has 0 spiro atoms. The van der Waals surface area contributed by atoms with E-state index in [4.69, 9.17) is 4.74 Å². The molecule has 0 bridgehead atoms. The first-order valence-corrected chi connectivity index (χ1v) is 6.33. The van der Waals surface area contributed by atoms with Crippen LogP contribution in [0.3, 0.4) is 0 Å². The number of nitrogens with one attached hydrogen (secondary N) is 1. The Morgan fingerprint density at radius 3 is 2.45 bits per heavy atom. The zero-order valence-electron chi connectivity index (χ0n) is 11.7. The van der Waals surface area contributed by atoms with E-state index < -0.39 is 5.82 Å². The Morgan fingerprint density at radius 1 is 1.10 bits per heavy atom. The number of ether oxygens (including phenoxy) is 1. The average molecular weight is 277 g/mol. The summed E-state index contributed by atoms with van der Waals surface area (Å²) in [6.45, 7) is 1.85. The molecule has 0 amide bonds. The second-order valence-corrected chi connectivity index (χ2v) is 4.62. The van der Waals surface area contributed by atoms with Crippen molar-refractivity contribution in [1.82, 2.24) is 5.32 Å². The second-order valence-electron chi connectivity index (χ2n) is 4.62. The van der Waals surface area contributed by atoms with Crippen molar-refractivity contribution < 1.29 is 13.5 Å². The summed E-state index contributed by atoms with van der Waals surface area (Å²) in [5.74, 6) is -0.470. The average Bonchev–Trinajstić information content (AvgIpc) is 2.43. The van der Waals surface area contributed by atoms with Crippen LogP contribution in [0.5, 0.6) is 5.75 Å². The molecule has 1 N–H and O–H groups in total. The Hall–Kier alpha value is -1.94. The van der Waals surface area contributed by atoms with Crippen molar-refractivity contribution in [2.45, 2.75) is 13.0 Å². The predicted molar refractivity (Wildman–Crippen MR) is 75.0 cm³/mol. The fourth-order valence-electron chi connectivity index (χ4n) is 2.32. The predicted octanol–water partition coefficient (Wildman–Crippen LogP) is 3.59. The fourth-order valence-corrected chi connectivity index (χ4v) is 2.32. The molecule has 106 valence electrons. The summed E-state index contributed by atoms with van der Waals surface area (Å²) in [6, 6.07) is 9.22. The van der Waals surface area contributed by atoms with Crippen LogP contribution in [-0.2, 0) is 0 Å². The van der Waals surface area contributed by atoms with Crippen LogP contribution in [0.2, 0.25) is 0 Å². The summed E-state index contributed by atoms with van der Waals surface area (Å²) in [4.78, 5) is 0. The largest absolute Gasteiger partial charge is 0.494 e. The van der Waals surface area contributed by atoms with Crippen LogP contribution in [0.4, 0.5) is 8.78 Å². The van der Waals surface area contributed by atoms with Gasteiger partial charge in [0.25, 0.3) is 0 Å². The monoisotopic (exact) mass is 277 g/mol. The summed E-state index contributed by atoms with van der Waals surface area (Å²) >= 11 is 0. The van der Waals surface area contributed by atoms with Crippen molar-refractivity contribution in [3.8, 4) is 5.75 Å². The third-order valence-corrected chi connectivity index (χ3v) is 3.34. The number of hydrogen-bond acceptors (Lipinski definition) is 2. The van der Waals surface area contributed by atoms with Gasteiger partial charge in [0.2, 0.25) is 0 Å². The minimum absolute atomic E-state index is 0.148. The highest BCUT2D eigenvalue weighted by Crippen LogP contribution is 2.28. The van der Waals surface area contributed by atoms with Gasteiger partial charge >= 0.3 is 0 Å². The van der Waals surface area contributed by atoms with Crippen LogP contribution in [0.25, 0.3) is 0 Å². The molecular formula is C16H17F2NO. The lowest BCUT2D eigenvalue weighted by atomic mass is 9.95. The van der Waals surface area contributed by atoms with E-state index in [1.807, 2.05) is 14.0 Å². The van der Waals surface area contributed by atoms with Gasteiger partial charge < -0.3 is 10.1 Å². The molecule has 0 radical (unpaired) electrons. The smallest absolute Gasteiger partial charge is 0.165 e. The van der Waals surface area contributed by atoms with E-state index in [0.717, 1.165) is 16.7 Å². The van der Waals surface area contributed by atoms with Gasteiger partial charge in [-0.15, -0.1) is 0 Å². The van der Waals surface area contributed by atoms with Crippen LogP contribution in [0.15, 0.2) is 36.4 Å². The number of rotatable bonds is 4. The van der Waals surface area contributed by atoms with Gasteiger partial charge in [-0.3, -0.25) is 0 Å². The van der Waals surface area contributed by atoms with Gasteiger partial charge in [0.05, 0.1) is 13.2 Å². The van der Waals surface area contributed by atoms with Crippen molar-refractivity contribution in [2.75, 3.05) is 14.2 Å². The zero-order chi connectivity index (χ0) is 14.7. The molecule has 2 nitrogen and oxygen atoms in total. The second kappa shape index (κ2) is 6.01. The van der Waals surface area contributed by atoms with Gasteiger partial charge in [-0.25, -0.2) is 8.78 Å². The molecule has 2 aromatic carbocycles. The first-order valence-electron chi connectivity index (χ1n) is 6.33. The third-order valence-electron chi connectivity index (χ3n) is 3.34. The molecule has 0 heterocycles.